The first-order valence-electron chi connectivity index (χ1n) is 24.7. The van der Waals surface area contributed by atoms with Crippen molar-refractivity contribution in [1.29, 1.82) is 0 Å². The first-order valence-corrected chi connectivity index (χ1v) is 24.7. The van der Waals surface area contributed by atoms with Crippen LogP contribution < -0.4 is 0 Å². The van der Waals surface area contributed by atoms with Crippen LogP contribution in [0.2, 0.25) is 0 Å². The molecule has 1 unspecified atom stereocenters. The fraction of sp³-hybridized carbons (Fsp3) is 0.306. The second-order valence-corrected chi connectivity index (χ2v) is 20.2. The van der Waals surface area contributed by atoms with E-state index in [1.807, 2.05) is 120 Å². The van der Waals surface area contributed by atoms with Crippen molar-refractivity contribution in [2.45, 2.75) is 111 Å². The maximum Gasteiger partial charge on any atom is 0.340 e. The van der Waals surface area contributed by atoms with Crippen LogP contribution in [0.1, 0.15) is 131 Å². The van der Waals surface area contributed by atoms with Gasteiger partial charge in [0.25, 0.3) is 0 Å². The number of aliphatic hydroxyl groups is 1. The van der Waals surface area contributed by atoms with Gasteiger partial charge >= 0.3 is 17.9 Å². The van der Waals surface area contributed by atoms with Gasteiger partial charge in [0, 0.05) is 27.9 Å². The highest BCUT2D eigenvalue weighted by molar-refractivity contribution is 5.96. The summed E-state index contributed by atoms with van der Waals surface area (Å²) in [6.45, 7) is 17.8. The number of phenols is 5. The largest absolute Gasteiger partial charge is 0.512 e. The molecule has 0 saturated carbocycles. The number of rotatable bonds is 13. The summed E-state index contributed by atoms with van der Waals surface area (Å²) < 4.78 is 11.2. The molecule has 1 heterocycles. The third-order valence-corrected chi connectivity index (χ3v) is 14.4. The van der Waals surface area contributed by atoms with E-state index in [2.05, 4.69) is 20.8 Å². The number of hydrogen-bond donors (Lipinski definition) is 7. The smallest absolute Gasteiger partial charge is 0.340 e. The number of fused-ring (bicyclic) bond motifs is 1. The van der Waals surface area contributed by atoms with E-state index in [4.69, 9.17) is 14.6 Å². The van der Waals surface area contributed by atoms with Gasteiger partial charge in [0.1, 0.15) is 28.7 Å². The number of carboxylic acid groups (broad SMARTS) is 1. The molecule has 0 bridgehead atoms. The Bertz CT molecular complexity index is 3020. The van der Waals surface area contributed by atoms with Gasteiger partial charge in [-0.3, -0.25) is 9.59 Å². The van der Waals surface area contributed by atoms with Gasteiger partial charge in [-0.1, -0.05) is 107 Å². The highest BCUT2D eigenvalue weighted by Crippen LogP contribution is 2.51. The number of aromatic hydroxyl groups is 5. The van der Waals surface area contributed by atoms with Gasteiger partial charge in [0.15, 0.2) is 5.60 Å². The number of aliphatic hydroxyl groups excluding tert-OH is 1. The lowest BCUT2D eigenvalue weighted by Gasteiger charge is -2.35. The Morgan fingerprint density at radius 2 is 1.08 bits per heavy atom. The van der Waals surface area contributed by atoms with Gasteiger partial charge in [-0.15, -0.1) is 0 Å². The zero-order chi connectivity index (χ0) is 54.3. The molecule has 0 aromatic heterocycles. The minimum atomic E-state index is -1.04. The third kappa shape index (κ3) is 12.1. The van der Waals surface area contributed by atoms with Crippen molar-refractivity contribution < 1.29 is 59.6 Å². The van der Waals surface area contributed by atoms with E-state index in [1.165, 1.54) is 0 Å². The molecule has 2 aliphatic rings. The van der Waals surface area contributed by atoms with Crippen molar-refractivity contribution in [2.75, 3.05) is 6.61 Å². The Morgan fingerprint density at radius 1 is 0.622 bits per heavy atom. The number of allylic oxidation sites excluding steroid dienone is 3. The van der Waals surface area contributed by atoms with Gasteiger partial charge < -0.3 is 45.2 Å². The number of hydrogen-bond acceptors (Lipinski definition) is 11. The molecule has 0 fully saturated rings. The maximum absolute atomic E-state index is 12.6. The summed E-state index contributed by atoms with van der Waals surface area (Å²) >= 11 is 0. The Morgan fingerprint density at radius 3 is 1.55 bits per heavy atom. The van der Waals surface area contributed by atoms with Crippen LogP contribution in [0.15, 0.2) is 139 Å². The zero-order valence-corrected chi connectivity index (χ0v) is 43.6. The number of benzene rings is 6. The molecule has 12 heteroatoms. The summed E-state index contributed by atoms with van der Waals surface area (Å²) in [5, 5.41) is 67.6. The number of carboxylic acids is 1. The summed E-state index contributed by atoms with van der Waals surface area (Å²) in [5.41, 5.74) is 9.71. The van der Waals surface area contributed by atoms with E-state index in [9.17, 15) is 45.0 Å². The van der Waals surface area contributed by atoms with Crippen molar-refractivity contribution in [3.63, 3.8) is 0 Å². The number of carbonyl (C=O) groups is 3. The molecule has 0 radical (unpaired) electrons. The monoisotopic (exact) mass is 1000 g/mol. The molecule has 1 aliphatic carbocycles. The van der Waals surface area contributed by atoms with E-state index in [-0.39, 0.29) is 54.0 Å². The van der Waals surface area contributed by atoms with E-state index in [0.717, 1.165) is 61.2 Å². The molecule has 0 amide bonds. The predicted molar refractivity (Wildman–Crippen MR) is 285 cm³/mol. The first-order chi connectivity index (χ1) is 34.9. The van der Waals surface area contributed by atoms with E-state index in [0.29, 0.717) is 47.6 Å². The normalized spacial score (nSPS) is 16.0. The second-order valence-electron chi connectivity index (χ2n) is 20.2. The molecule has 8 rings (SSSR count). The van der Waals surface area contributed by atoms with Crippen LogP contribution in [0.25, 0.3) is 0 Å². The highest BCUT2D eigenvalue weighted by atomic mass is 16.6. The molecule has 388 valence electrons. The lowest BCUT2D eigenvalue weighted by atomic mass is 9.72. The van der Waals surface area contributed by atoms with Crippen LogP contribution >= 0.6 is 0 Å². The molecule has 0 spiro atoms. The number of phenolic OH excluding ortho intramolecular Hbond substituents is 5. The van der Waals surface area contributed by atoms with Crippen molar-refractivity contribution in [3.05, 3.63) is 206 Å². The fourth-order valence-corrected chi connectivity index (χ4v) is 9.44. The molecular weight excluding hydrogens is 937 g/mol. The lowest BCUT2D eigenvalue weighted by molar-refractivity contribution is -0.147. The van der Waals surface area contributed by atoms with Gasteiger partial charge in [0.05, 0.1) is 30.8 Å². The Hall–Kier alpha value is -7.99. The van der Waals surface area contributed by atoms with Gasteiger partial charge in [-0.2, -0.15) is 0 Å². The number of aliphatic carboxylic acids is 1. The van der Waals surface area contributed by atoms with Crippen LogP contribution in [0.4, 0.5) is 0 Å². The minimum Gasteiger partial charge on any atom is -0.512 e. The molecular formula is C62H68O12. The Kier molecular flexibility index (Phi) is 17.1. The highest BCUT2D eigenvalue weighted by Gasteiger charge is 2.50. The number of cyclic esters (lactones) is 1. The van der Waals surface area contributed by atoms with Crippen molar-refractivity contribution >= 4 is 17.9 Å². The standard InChI is InChI=1S/C23H28O6.C22H20O4.C17H20O2/c1-15-13-17(5-7-19(15)24)23(3,18-6-8-20(25)16(2)14-18)11-4-12-29-22(28)10-9-21(26)27;1-13-11-15(7-9-19(13)23)22(16-8-10-20(24)14(2)12-16)18-6-4-3-5-17(18)21(25)26-22;1-11-9-13(5-7-15(11)18)17(3,4)14-6-8-16(19)12(2)10-14/h5-8,13-14,24-25H,4,9-12H2,1-3H3,(H,26,27);3-11,14,23-24H,12H2,1-2H3;5-10,18-19H,1-4H3/t;14-,22?;/m.0./s1. The molecule has 6 aromatic rings. The van der Waals surface area contributed by atoms with Crippen molar-refractivity contribution in [2.24, 2.45) is 5.92 Å². The van der Waals surface area contributed by atoms with Crippen LogP contribution in [-0.2, 0) is 35.5 Å². The van der Waals surface area contributed by atoms with Gasteiger partial charge in [-0.05, 0) is 158 Å². The summed E-state index contributed by atoms with van der Waals surface area (Å²) in [4.78, 5) is 34.8. The summed E-state index contributed by atoms with van der Waals surface area (Å²) in [5.74, 6) is -0.350. The number of carbonyl (C=O) groups excluding carboxylic acids is 2. The van der Waals surface area contributed by atoms with E-state index >= 15 is 0 Å². The molecule has 6 aromatic carbocycles. The molecule has 12 nitrogen and oxygen atoms in total. The van der Waals surface area contributed by atoms with Crippen LogP contribution in [0, 0.1) is 40.5 Å². The first kappa shape index (κ1) is 55.3. The number of aryl methyl sites for hydroxylation is 5. The topological polar surface area (TPSA) is 211 Å². The molecule has 1 aliphatic heterocycles. The number of ether oxygens (including phenoxy) is 2. The van der Waals surface area contributed by atoms with Crippen molar-refractivity contribution in [3.8, 4) is 28.7 Å². The average molecular weight is 1010 g/mol. The minimum absolute atomic E-state index is 0.0587. The summed E-state index contributed by atoms with van der Waals surface area (Å²) in [6.07, 6.45) is 4.95. The van der Waals surface area contributed by atoms with Gasteiger partial charge in [0.2, 0.25) is 0 Å². The molecule has 74 heavy (non-hydrogen) atoms. The number of esters is 2. The zero-order valence-electron chi connectivity index (χ0n) is 43.6. The summed E-state index contributed by atoms with van der Waals surface area (Å²) in [6, 6.07) is 35.0. The third-order valence-electron chi connectivity index (χ3n) is 14.4. The van der Waals surface area contributed by atoms with Crippen molar-refractivity contribution in [1.82, 2.24) is 0 Å². The Balaban J connectivity index is 0.000000184. The molecule has 0 saturated heterocycles. The average Bonchev–Trinajstić information content (AvgIpc) is 3.67. The molecule has 7 N–H and O–H groups in total. The van der Waals surface area contributed by atoms with Crippen LogP contribution in [0.5, 0.6) is 28.7 Å². The summed E-state index contributed by atoms with van der Waals surface area (Å²) in [7, 11) is 0. The second kappa shape index (κ2) is 22.8. The van der Waals surface area contributed by atoms with E-state index in [1.54, 1.807) is 48.5 Å². The lowest BCUT2D eigenvalue weighted by Crippen LogP contribution is -2.32. The van der Waals surface area contributed by atoms with Crippen LogP contribution in [-0.4, -0.2) is 60.3 Å². The quantitative estimate of drug-likeness (QED) is 0.0426. The van der Waals surface area contributed by atoms with Gasteiger partial charge in [-0.25, -0.2) is 4.79 Å². The predicted octanol–water partition coefficient (Wildman–Crippen LogP) is 12.8. The van der Waals surface area contributed by atoms with Crippen LogP contribution in [0.3, 0.4) is 0 Å². The van der Waals surface area contributed by atoms with E-state index < -0.39 is 23.0 Å². The Labute approximate surface area is 433 Å². The fourth-order valence-electron chi connectivity index (χ4n) is 9.44. The molecule has 2 atom stereocenters. The SMILES string of the molecule is Cc1cc(C(C)(C)c2ccc(O)c(C)c2)ccc1O.Cc1cc(C(C)(CCCOC(=O)CCC(=O)O)c2ccc(O)c(C)c2)ccc1O.Cc1cc(C2(C3=CC=C(O)[C@@H](C)C3)OC(=O)c3ccccc32)ccc1O. The maximum atomic E-state index is 12.6.